The molecule has 0 unspecified atom stereocenters. The highest BCUT2D eigenvalue weighted by Gasteiger charge is 2.15. The van der Waals surface area contributed by atoms with Crippen molar-refractivity contribution in [1.29, 1.82) is 0 Å². The van der Waals surface area contributed by atoms with Gasteiger partial charge in [0.05, 0.1) is 45.4 Å². The monoisotopic (exact) mass is 884 g/mol. The first kappa shape index (κ1) is 43.3. The van der Waals surface area contributed by atoms with E-state index in [0.29, 0.717) is 43.2 Å². The van der Waals surface area contributed by atoms with Crippen LogP contribution in [0.4, 0.5) is 11.4 Å². The van der Waals surface area contributed by atoms with E-state index in [1.54, 1.807) is 57.7 Å². The molecule has 14 nitrogen and oxygen atoms in total. The van der Waals surface area contributed by atoms with E-state index in [9.17, 15) is 34.8 Å². The van der Waals surface area contributed by atoms with Gasteiger partial charge in [-0.1, -0.05) is 12.1 Å². The highest BCUT2D eigenvalue weighted by Crippen LogP contribution is 2.37. The molecule has 7 N–H and O–H groups in total. The number of carbonyl (C=O) groups is 3. The number of ether oxygens (including phenoxy) is 4. The number of phenols is 4. The molecule has 5 aromatic rings. The number of aryl methyl sites for hydroxylation is 2. The zero-order valence-corrected chi connectivity index (χ0v) is 33.5. The number of hydrogen-bond donors (Lipinski definition) is 7. The maximum absolute atomic E-state index is 12.4. The molecule has 0 heterocycles. The molecule has 55 heavy (non-hydrogen) atoms. The largest absolute Gasteiger partial charge is 0.504 e. The number of benzene rings is 5. The van der Waals surface area contributed by atoms with E-state index in [0.717, 1.165) is 17.2 Å². The number of methoxy groups -OCH3 is 4. The van der Waals surface area contributed by atoms with Crippen LogP contribution in [0, 0.1) is 13.8 Å². The lowest BCUT2D eigenvalue weighted by atomic mass is 10.1. The summed E-state index contributed by atoms with van der Waals surface area (Å²) in [6, 6.07) is 19.6. The lowest BCUT2D eigenvalue weighted by Gasteiger charge is -2.13. The molecule has 0 aliphatic rings. The van der Waals surface area contributed by atoms with Gasteiger partial charge < -0.3 is 55.1 Å². The number of carbonyl (C=O) groups excluding carboxylic acids is 2. The van der Waals surface area contributed by atoms with Crippen molar-refractivity contribution in [3.05, 3.63) is 116 Å². The molecule has 0 radical (unpaired) electrons. The van der Waals surface area contributed by atoms with Crippen molar-refractivity contribution in [3.63, 3.8) is 0 Å². The van der Waals surface area contributed by atoms with E-state index in [1.165, 1.54) is 37.4 Å². The molecule has 0 bridgehead atoms. The van der Waals surface area contributed by atoms with Crippen LogP contribution in [0.3, 0.4) is 0 Å². The van der Waals surface area contributed by atoms with Crippen molar-refractivity contribution >= 4 is 61.0 Å². The molecule has 0 atom stereocenters. The normalized spacial score (nSPS) is 10.0. The van der Waals surface area contributed by atoms with E-state index in [4.69, 9.17) is 24.1 Å². The molecule has 0 saturated carbocycles. The van der Waals surface area contributed by atoms with Crippen LogP contribution in [-0.2, 0) is 0 Å². The fourth-order valence-electron chi connectivity index (χ4n) is 4.57. The SMILES string of the molecule is COc1cc(C(=O)Nc2cc(OC)c(OC)cc2Br)ccc1C.COc1cc(C(=O)O)ccc1C.O=C(Nc1cc(O)c(O)cc1Br)c1ccc(O)c(O)c1. The number of phenolic OH excluding ortho intramolecular Hbond substituents is 4. The summed E-state index contributed by atoms with van der Waals surface area (Å²) < 4.78 is 21.8. The minimum Gasteiger partial charge on any atom is -0.504 e. The molecule has 0 spiro atoms. The van der Waals surface area contributed by atoms with Gasteiger partial charge in [0.2, 0.25) is 0 Å². The number of carboxylic acids is 1. The van der Waals surface area contributed by atoms with Gasteiger partial charge in [-0.15, -0.1) is 0 Å². The second-order valence-electron chi connectivity index (χ2n) is 11.3. The molecule has 0 aliphatic heterocycles. The average Bonchev–Trinajstić information content (AvgIpc) is 3.16. The minimum atomic E-state index is -0.937. The number of aromatic hydroxyl groups is 4. The predicted molar refractivity (Wildman–Crippen MR) is 213 cm³/mol. The Kier molecular flexibility index (Phi) is 15.6. The molecule has 0 saturated heterocycles. The Hall–Kier alpha value is -6.13. The van der Waals surface area contributed by atoms with Gasteiger partial charge in [0.25, 0.3) is 11.8 Å². The van der Waals surface area contributed by atoms with Gasteiger partial charge in [-0.25, -0.2) is 4.79 Å². The summed E-state index contributed by atoms with van der Waals surface area (Å²) in [5.74, 6) is -0.777. The summed E-state index contributed by atoms with van der Waals surface area (Å²) in [6.45, 7) is 3.79. The molecule has 5 rings (SSSR count). The van der Waals surface area contributed by atoms with Gasteiger partial charge in [0.1, 0.15) is 11.5 Å². The zero-order chi connectivity index (χ0) is 41.0. The quantitative estimate of drug-likeness (QED) is 0.0551. The van der Waals surface area contributed by atoms with E-state index in [-0.39, 0.29) is 40.0 Å². The first-order chi connectivity index (χ1) is 26.0. The number of rotatable bonds is 9. The number of aromatic carboxylic acids is 1. The van der Waals surface area contributed by atoms with E-state index in [2.05, 4.69) is 42.5 Å². The molecule has 2 amide bonds. The van der Waals surface area contributed by atoms with Gasteiger partial charge in [0, 0.05) is 44.3 Å². The molecule has 290 valence electrons. The number of halogens is 2. The summed E-state index contributed by atoms with van der Waals surface area (Å²) in [5, 5.41) is 51.2. The Morgan fingerprint density at radius 1 is 0.491 bits per heavy atom. The van der Waals surface area contributed by atoms with Gasteiger partial charge in [0.15, 0.2) is 34.5 Å². The maximum Gasteiger partial charge on any atom is 0.335 e. The van der Waals surface area contributed by atoms with Crippen LogP contribution in [0.15, 0.2) is 87.8 Å². The van der Waals surface area contributed by atoms with Gasteiger partial charge >= 0.3 is 5.97 Å². The topological polar surface area (TPSA) is 213 Å². The van der Waals surface area contributed by atoms with Crippen molar-refractivity contribution in [2.24, 2.45) is 0 Å². The fraction of sp³-hybridized carbons (Fsp3) is 0.154. The zero-order valence-electron chi connectivity index (χ0n) is 30.4. The standard InChI is InChI=1S/C17H18BrNO4.C13H10BrNO5.C9H10O3/c1-10-5-6-11(7-14(10)21-2)17(20)19-13-9-16(23-4)15(22-3)8-12(13)18;14-7-4-11(18)12(19)5-8(7)15-13(20)6-1-2-9(16)10(17)3-6;1-6-3-4-7(9(10)11)5-8(6)12-2/h5-9H,1-4H3,(H,19,20);1-5,16-19H,(H,15,20);3-5H,1-2H3,(H,10,11). The lowest BCUT2D eigenvalue weighted by Crippen LogP contribution is -2.12. The summed E-state index contributed by atoms with van der Waals surface area (Å²) in [6.07, 6.45) is 0. The summed E-state index contributed by atoms with van der Waals surface area (Å²) in [4.78, 5) is 34.9. The maximum atomic E-state index is 12.4. The number of carboxylic acid groups (broad SMARTS) is 1. The minimum absolute atomic E-state index is 0.125. The molecule has 5 aromatic carbocycles. The summed E-state index contributed by atoms with van der Waals surface area (Å²) >= 11 is 6.55. The molecule has 0 aromatic heterocycles. The van der Waals surface area contributed by atoms with Crippen LogP contribution in [0.2, 0.25) is 0 Å². The van der Waals surface area contributed by atoms with E-state index < -0.39 is 17.6 Å². The fourth-order valence-corrected chi connectivity index (χ4v) is 5.42. The number of hydrogen-bond acceptors (Lipinski definition) is 11. The van der Waals surface area contributed by atoms with Crippen LogP contribution in [0.25, 0.3) is 0 Å². The van der Waals surface area contributed by atoms with Crippen LogP contribution >= 0.6 is 31.9 Å². The van der Waals surface area contributed by atoms with E-state index >= 15 is 0 Å². The van der Waals surface area contributed by atoms with Crippen molar-refractivity contribution in [2.45, 2.75) is 13.8 Å². The molecular formula is C39H38Br2N2O12. The number of nitrogens with one attached hydrogen (secondary N) is 2. The highest BCUT2D eigenvalue weighted by molar-refractivity contribution is 9.11. The lowest BCUT2D eigenvalue weighted by molar-refractivity contribution is 0.0696. The molecule has 16 heteroatoms. The predicted octanol–water partition coefficient (Wildman–Crippen LogP) is 8.26. The van der Waals surface area contributed by atoms with Crippen LogP contribution in [0.1, 0.15) is 42.2 Å². The average molecular weight is 887 g/mol. The highest BCUT2D eigenvalue weighted by atomic mass is 79.9. The van der Waals surface area contributed by atoms with Crippen molar-refractivity contribution in [3.8, 4) is 46.0 Å². The first-order valence-electron chi connectivity index (χ1n) is 15.8. The van der Waals surface area contributed by atoms with Gasteiger partial charge in [-0.05, 0) is 99.3 Å². The van der Waals surface area contributed by atoms with Crippen molar-refractivity contribution < 1.29 is 58.9 Å². The van der Waals surface area contributed by atoms with E-state index in [1.807, 2.05) is 19.9 Å². The van der Waals surface area contributed by atoms with Crippen LogP contribution in [-0.4, -0.2) is 71.8 Å². The number of amides is 2. The van der Waals surface area contributed by atoms with Gasteiger partial charge in [-0.3, -0.25) is 9.59 Å². The van der Waals surface area contributed by atoms with Crippen molar-refractivity contribution in [2.75, 3.05) is 39.1 Å². The molecular weight excluding hydrogens is 848 g/mol. The molecule has 0 fully saturated rings. The first-order valence-corrected chi connectivity index (χ1v) is 17.4. The van der Waals surface area contributed by atoms with Crippen LogP contribution < -0.4 is 29.6 Å². The second kappa shape index (κ2) is 19.8. The van der Waals surface area contributed by atoms with Crippen molar-refractivity contribution in [1.82, 2.24) is 0 Å². The van der Waals surface area contributed by atoms with Gasteiger partial charge in [-0.2, -0.15) is 0 Å². The Bertz CT molecular complexity index is 2190. The second-order valence-corrected chi connectivity index (χ2v) is 13.0. The third-order valence-electron chi connectivity index (χ3n) is 7.60. The Morgan fingerprint density at radius 3 is 1.40 bits per heavy atom. The Labute approximate surface area is 333 Å². The summed E-state index contributed by atoms with van der Waals surface area (Å²) in [7, 11) is 6.20. The third kappa shape index (κ3) is 11.7. The smallest absolute Gasteiger partial charge is 0.335 e. The third-order valence-corrected chi connectivity index (χ3v) is 8.91. The Morgan fingerprint density at radius 2 is 0.891 bits per heavy atom. The Balaban J connectivity index is 0.000000232. The summed E-state index contributed by atoms with van der Waals surface area (Å²) in [5.41, 5.74) is 3.62. The molecule has 0 aliphatic carbocycles. The van der Waals surface area contributed by atoms with Crippen LogP contribution in [0.5, 0.6) is 46.0 Å². The number of anilines is 2.